The number of rotatable bonds is 20. The smallest absolute Gasteiger partial charge is 0.410 e. The third-order valence-electron chi connectivity index (χ3n) is 17.1. The first-order valence-electron chi connectivity index (χ1n) is 28.0. The van der Waals surface area contributed by atoms with Crippen LogP contribution in [0.15, 0.2) is 170 Å². The van der Waals surface area contributed by atoms with Gasteiger partial charge >= 0.3 is 6.09 Å². The van der Waals surface area contributed by atoms with Crippen LogP contribution < -0.4 is 14.8 Å². The fourth-order valence-corrected chi connectivity index (χ4v) is 12.1. The topological polar surface area (TPSA) is 66.5 Å². The van der Waals surface area contributed by atoms with Gasteiger partial charge in [0.25, 0.3) is 0 Å². The zero-order chi connectivity index (χ0) is 52.2. The molecule has 2 aliphatic carbocycles. The predicted molar refractivity (Wildman–Crippen MR) is 313 cm³/mol. The van der Waals surface area contributed by atoms with Crippen LogP contribution in [-0.2, 0) is 39.2 Å². The third-order valence-corrected chi connectivity index (χ3v) is 17.1. The van der Waals surface area contributed by atoms with Crippen molar-refractivity contribution in [1.82, 2.24) is 20.0 Å². The summed E-state index contributed by atoms with van der Waals surface area (Å²) in [5.74, 6) is 1.86. The zero-order valence-corrected chi connectivity index (χ0v) is 45.8. The Morgan fingerprint density at radius 1 is 0.500 bits per heavy atom. The van der Waals surface area contributed by atoms with Crippen molar-refractivity contribution in [2.45, 2.75) is 120 Å². The largest absolute Gasteiger partial charge is 0.497 e. The maximum absolute atomic E-state index is 13.6. The van der Waals surface area contributed by atoms with Gasteiger partial charge in [0.2, 0.25) is 0 Å². The number of piperidine rings is 2. The maximum Gasteiger partial charge on any atom is 0.410 e. The molecule has 0 spiro atoms. The summed E-state index contributed by atoms with van der Waals surface area (Å²) >= 11 is 0. The van der Waals surface area contributed by atoms with Crippen LogP contribution >= 0.6 is 0 Å². The van der Waals surface area contributed by atoms with Gasteiger partial charge in [-0.2, -0.15) is 0 Å². The Hall–Kier alpha value is -5.93. The van der Waals surface area contributed by atoms with Crippen LogP contribution in [0.2, 0.25) is 0 Å². The maximum atomic E-state index is 13.6. The summed E-state index contributed by atoms with van der Waals surface area (Å²) in [5.41, 5.74) is 8.57. The standard InChI is InChI=1S/C36H46N2O3.C31H38N2O.CH4/c1-34(2,3)41-33(39)38(24-19-29-11-7-5-8-12-29)28-36(30-13-9-6-10-14-30)22-25-37(26-23-36)27-35(20-21-35)31-15-17-32(40-4)18-16-31;1-34-29-14-12-28(13-15-29)31(17-18-31)25-33-22-19-30(20-23-33,27-10-6-3-7-11-27)24-32-21-16-26-8-4-2-5-9-26;/h5-18H,19-28H2,1-4H3;2-15,32H,16-25H2,1H3;1H4. The van der Waals surface area contributed by atoms with Gasteiger partial charge in [0.05, 0.1) is 14.2 Å². The Balaban J connectivity index is 0.000000202. The second kappa shape index (κ2) is 25.5. The summed E-state index contributed by atoms with van der Waals surface area (Å²) in [4.78, 5) is 20.9. The minimum Gasteiger partial charge on any atom is -0.497 e. The predicted octanol–water partition coefficient (Wildman–Crippen LogP) is 13.5. The Bertz CT molecular complexity index is 2650. The Kier molecular flexibility index (Phi) is 18.9. The minimum absolute atomic E-state index is 0. The molecule has 2 saturated carbocycles. The van der Waals surface area contributed by atoms with Gasteiger partial charge in [0.1, 0.15) is 17.1 Å². The Morgan fingerprint density at radius 3 is 1.29 bits per heavy atom. The summed E-state index contributed by atoms with van der Waals surface area (Å²) in [6.07, 6.45) is 11.2. The van der Waals surface area contributed by atoms with E-state index < -0.39 is 5.60 Å². The number of carbonyl (C=O) groups is 1. The van der Waals surface area contributed by atoms with Crippen molar-refractivity contribution in [3.8, 4) is 11.5 Å². The van der Waals surface area contributed by atoms with Crippen molar-refractivity contribution in [2.24, 2.45) is 0 Å². The molecule has 1 N–H and O–H groups in total. The van der Waals surface area contributed by atoms with Gasteiger partial charge in [0.15, 0.2) is 0 Å². The third kappa shape index (κ3) is 14.5. The van der Waals surface area contributed by atoms with Crippen LogP contribution in [0.25, 0.3) is 0 Å². The molecule has 404 valence electrons. The molecule has 4 fully saturated rings. The van der Waals surface area contributed by atoms with E-state index in [1.54, 1.807) is 14.2 Å². The lowest BCUT2D eigenvalue weighted by Crippen LogP contribution is -2.52. The van der Waals surface area contributed by atoms with Crippen LogP contribution in [0, 0.1) is 0 Å². The number of benzene rings is 6. The fraction of sp³-hybridized carbons (Fsp3) is 0.456. The van der Waals surface area contributed by atoms with Gasteiger partial charge in [-0.15, -0.1) is 0 Å². The molecule has 76 heavy (non-hydrogen) atoms. The lowest BCUT2D eigenvalue weighted by atomic mass is 9.72. The minimum atomic E-state index is -0.536. The molecule has 0 atom stereocenters. The fourth-order valence-electron chi connectivity index (χ4n) is 12.1. The van der Waals surface area contributed by atoms with E-state index in [9.17, 15) is 4.79 Å². The zero-order valence-electron chi connectivity index (χ0n) is 45.8. The molecule has 8 nitrogen and oxygen atoms in total. The van der Waals surface area contributed by atoms with E-state index in [0.717, 1.165) is 69.9 Å². The molecule has 0 aromatic heterocycles. The monoisotopic (exact) mass is 1020 g/mol. The summed E-state index contributed by atoms with van der Waals surface area (Å²) in [6, 6.07) is 60.8. The lowest BCUT2D eigenvalue weighted by molar-refractivity contribution is 0.0162. The van der Waals surface area contributed by atoms with E-state index in [4.69, 9.17) is 14.2 Å². The summed E-state index contributed by atoms with van der Waals surface area (Å²) < 4.78 is 16.7. The van der Waals surface area contributed by atoms with E-state index in [2.05, 4.69) is 179 Å². The molecule has 2 saturated heterocycles. The highest BCUT2D eigenvalue weighted by Crippen LogP contribution is 2.51. The highest BCUT2D eigenvalue weighted by Gasteiger charge is 2.49. The molecule has 4 aliphatic rings. The van der Waals surface area contributed by atoms with Gasteiger partial charge in [-0.05, 0) is 175 Å². The van der Waals surface area contributed by atoms with Gasteiger partial charge in [0, 0.05) is 54.4 Å². The number of hydrogen-bond acceptors (Lipinski definition) is 7. The highest BCUT2D eigenvalue weighted by atomic mass is 16.6. The number of ether oxygens (including phenoxy) is 3. The molecular weight excluding hydrogens is 937 g/mol. The average molecular weight is 1030 g/mol. The number of methoxy groups -OCH3 is 2. The van der Waals surface area contributed by atoms with Gasteiger partial charge in [-0.3, -0.25) is 0 Å². The number of hydrogen-bond donors (Lipinski definition) is 1. The van der Waals surface area contributed by atoms with Crippen molar-refractivity contribution in [3.63, 3.8) is 0 Å². The highest BCUT2D eigenvalue weighted by molar-refractivity contribution is 5.68. The van der Waals surface area contributed by atoms with E-state index in [1.807, 2.05) is 31.7 Å². The van der Waals surface area contributed by atoms with Gasteiger partial charge in [-0.25, -0.2) is 4.79 Å². The molecule has 6 aromatic carbocycles. The van der Waals surface area contributed by atoms with Crippen molar-refractivity contribution >= 4 is 6.09 Å². The Morgan fingerprint density at radius 2 is 0.882 bits per heavy atom. The summed E-state index contributed by atoms with van der Waals surface area (Å²) in [7, 11) is 3.46. The second-order valence-corrected chi connectivity index (χ2v) is 23.4. The van der Waals surface area contributed by atoms with Crippen molar-refractivity contribution in [1.29, 1.82) is 0 Å². The summed E-state index contributed by atoms with van der Waals surface area (Å²) in [6.45, 7) is 15.9. The molecule has 8 heteroatoms. The van der Waals surface area contributed by atoms with E-state index in [0.29, 0.717) is 18.5 Å². The van der Waals surface area contributed by atoms with Crippen molar-refractivity contribution < 1.29 is 19.0 Å². The second-order valence-electron chi connectivity index (χ2n) is 23.4. The molecule has 0 radical (unpaired) electrons. The molecule has 6 aromatic rings. The van der Waals surface area contributed by atoms with Crippen LogP contribution in [0.3, 0.4) is 0 Å². The number of nitrogens with one attached hydrogen (secondary N) is 1. The van der Waals surface area contributed by atoms with E-state index >= 15 is 0 Å². The molecule has 0 unspecified atom stereocenters. The Labute approximate surface area is 457 Å². The SMILES string of the molecule is C.COc1ccc(C2(CN3CCC(CN(CCc4ccccc4)C(=O)OC(C)(C)C)(c4ccccc4)CC3)CC2)cc1.COc1ccc(C2(CN3CCC(CNCCc4ccccc4)(c4ccccc4)CC3)CC2)cc1. The molecular formula is C68H88N4O4. The number of likely N-dealkylation sites (tertiary alicyclic amines) is 2. The van der Waals surface area contributed by atoms with Crippen molar-refractivity contribution in [3.05, 3.63) is 203 Å². The van der Waals surface area contributed by atoms with Gasteiger partial charge < -0.3 is 34.2 Å². The first-order chi connectivity index (χ1) is 36.4. The van der Waals surface area contributed by atoms with E-state index in [-0.39, 0.29) is 29.8 Å². The number of nitrogens with zero attached hydrogens (tertiary/aromatic N) is 3. The van der Waals surface area contributed by atoms with Crippen LogP contribution in [0.4, 0.5) is 4.79 Å². The van der Waals surface area contributed by atoms with E-state index in [1.165, 1.54) is 91.5 Å². The molecule has 1 amide bonds. The summed E-state index contributed by atoms with van der Waals surface area (Å²) in [5, 5.41) is 3.82. The normalized spacial score (nSPS) is 18.2. The van der Waals surface area contributed by atoms with Crippen LogP contribution in [0.5, 0.6) is 11.5 Å². The first-order valence-corrected chi connectivity index (χ1v) is 28.0. The quantitative estimate of drug-likeness (QED) is 0.0764. The van der Waals surface area contributed by atoms with Crippen molar-refractivity contribution in [2.75, 3.05) is 79.7 Å². The molecule has 2 heterocycles. The molecule has 2 aliphatic heterocycles. The van der Waals surface area contributed by atoms with Crippen LogP contribution in [0.1, 0.15) is 113 Å². The molecule has 10 rings (SSSR count). The molecule has 0 bridgehead atoms. The van der Waals surface area contributed by atoms with Crippen LogP contribution in [-0.4, -0.2) is 106 Å². The number of carbonyl (C=O) groups excluding carboxylic acids is 1. The lowest BCUT2D eigenvalue weighted by Gasteiger charge is -2.45. The average Bonchev–Trinajstić information content (AvgIpc) is 4.41. The number of amides is 1. The first kappa shape index (κ1) is 56.3. The van der Waals surface area contributed by atoms with Gasteiger partial charge in [-0.1, -0.05) is 153 Å².